The summed E-state index contributed by atoms with van der Waals surface area (Å²) >= 11 is 5.59. The Kier molecular flexibility index (Phi) is 10.2. The third kappa shape index (κ3) is 8.80. The fourth-order valence-electron chi connectivity index (χ4n) is 3.81. The molecule has 0 aliphatic carbocycles. The van der Waals surface area contributed by atoms with Crippen LogP contribution in [0.2, 0.25) is 0 Å². The first kappa shape index (κ1) is 27.9. The maximum atomic E-state index is 9.75. The lowest BCUT2D eigenvalue weighted by Crippen LogP contribution is -2.41. The van der Waals surface area contributed by atoms with Crippen LogP contribution in [0.1, 0.15) is 55.4 Å². The molecule has 0 amide bonds. The average molecular weight is 474 g/mol. The van der Waals surface area contributed by atoms with E-state index >= 15 is 0 Å². The molecule has 2 rings (SSSR count). The molecule has 0 radical (unpaired) electrons. The monoisotopic (exact) mass is 474 g/mol. The molecule has 0 spiro atoms. The molecule has 0 atom stereocenters. The van der Waals surface area contributed by atoms with Crippen LogP contribution in [0.4, 0.5) is 34.3 Å². The van der Waals surface area contributed by atoms with Gasteiger partial charge in [0.1, 0.15) is 23.5 Å². The Labute approximate surface area is 194 Å². The van der Waals surface area contributed by atoms with Crippen molar-refractivity contribution in [2.45, 2.75) is 79.6 Å². The standard InChI is InChI=1S/C22H34N4S.BF4/c1-14(2)25(15(3)4)20-19(21(20)26(16(5)6)17(7)8)24-22(27)23-18-12-10-9-11-13-18;2-1(3,4)5/h9-17H,1-8H3,(H,23,27);/q;-1/p+1. The predicted octanol–water partition coefficient (Wildman–Crippen LogP) is 5.88. The van der Waals surface area contributed by atoms with Crippen LogP contribution in [0.15, 0.2) is 30.3 Å². The number of benzene rings is 1. The summed E-state index contributed by atoms with van der Waals surface area (Å²) in [6, 6.07) is 11.7. The Balaban J connectivity index is 0.000000920. The smallest absolute Gasteiger partial charge is 0.418 e. The van der Waals surface area contributed by atoms with Crippen LogP contribution in [-0.2, 0) is 0 Å². The van der Waals surface area contributed by atoms with Crippen molar-refractivity contribution in [2.24, 2.45) is 0 Å². The summed E-state index contributed by atoms with van der Waals surface area (Å²) in [6.45, 7) is 18.0. The topological polar surface area (TPSA) is 30.3 Å². The molecule has 0 unspecified atom stereocenters. The third-order valence-corrected chi connectivity index (χ3v) is 4.85. The van der Waals surface area contributed by atoms with E-state index < -0.39 is 7.25 Å². The number of thiocarbonyl (C=S) groups is 1. The Morgan fingerprint density at radius 3 is 1.66 bits per heavy atom. The fraction of sp³-hybridized carbons (Fsp3) is 0.545. The summed E-state index contributed by atoms with van der Waals surface area (Å²) in [7, 11) is -6.00. The summed E-state index contributed by atoms with van der Waals surface area (Å²) in [4.78, 5) is 2.47. The molecular weight excluding hydrogens is 439 g/mol. The van der Waals surface area contributed by atoms with Gasteiger partial charge in [0.05, 0.1) is 0 Å². The van der Waals surface area contributed by atoms with Crippen molar-refractivity contribution in [3.05, 3.63) is 35.7 Å². The molecule has 0 saturated heterocycles. The van der Waals surface area contributed by atoms with Gasteiger partial charge in [0.15, 0.2) is 5.11 Å². The van der Waals surface area contributed by atoms with Gasteiger partial charge in [-0.1, -0.05) is 18.2 Å². The summed E-state index contributed by atoms with van der Waals surface area (Å²) in [5.41, 5.74) is 3.43. The largest absolute Gasteiger partial charge is 0.673 e. The first-order valence-corrected chi connectivity index (χ1v) is 11.2. The molecule has 2 aromatic carbocycles. The molecule has 0 aliphatic rings. The molecule has 0 aliphatic heterocycles. The molecule has 0 heterocycles. The Morgan fingerprint density at radius 2 is 1.28 bits per heavy atom. The third-order valence-electron chi connectivity index (χ3n) is 4.65. The Morgan fingerprint density at radius 1 is 0.844 bits per heavy atom. The van der Waals surface area contributed by atoms with Crippen molar-refractivity contribution in [3.63, 3.8) is 0 Å². The summed E-state index contributed by atoms with van der Waals surface area (Å²) in [6.07, 6.45) is 0. The van der Waals surface area contributed by atoms with Gasteiger partial charge in [-0.2, -0.15) is 0 Å². The molecule has 0 bridgehead atoms. The van der Waals surface area contributed by atoms with Crippen LogP contribution in [0, 0.1) is 0 Å². The van der Waals surface area contributed by atoms with Crippen molar-refractivity contribution < 1.29 is 17.3 Å². The number of nitrogens with one attached hydrogen (secondary N) is 2. The predicted molar refractivity (Wildman–Crippen MR) is 134 cm³/mol. The molecule has 32 heavy (non-hydrogen) atoms. The minimum absolute atomic E-state index is 0.422. The molecule has 0 aromatic heterocycles. The van der Waals surface area contributed by atoms with Gasteiger partial charge in [0.2, 0.25) is 0 Å². The number of nitrogens with zero attached hydrogens (tertiary/aromatic N) is 2. The second-order valence-electron chi connectivity index (χ2n) is 8.70. The number of halogens is 4. The molecule has 4 nitrogen and oxygen atoms in total. The summed E-state index contributed by atoms with van der Waals surface area (Å²) in [5.74, 6) is 0. The fourth-order valence-corrected chi connectivity index (χ4v) is 4.03. The lowest BCUT2D eigenvalue weighted by atomic mass is 10.2. The number of hydrogen-bond donors (Lipinski definition) is 2. The quantitative estimate of drug-likeness (QED) is 0.227. The van der Waals surface area contributed by atoms with Gasteiger partial charge in [-0.05, 0) is 79.7 Å². The average Bonchev–Trinajstić information content (AvgIpc) is 3.24. The molecule has 0 fully saturated rings. The summed E-state index contributed by atoms with van der Waals surface area (Å²) < 4.78 is 41.5. The van der Waals surface area contributed by atoms with Gasteiger partial charge in [-0.25, -0.2) is 4.58 Å². The van der Waals surface area contributed by atoms with Crippen LogP contribution < -0.4 is 25.5 Å². The van der Waals surface area contributed by atoms with Crippen LogP contribution in [-0.4, -0.2) is 36.5 Å². The number of para-hydroxylation sites is 1. The second kappa shape index (κ2) is 11.7. The van der Waals surface area contributed by atoms with E-state index in [0.29, 0.717) is 29.3 Å². The maximum Gasteiger partial charge on any atom is 0.673 e. The van der Waals surface area contributed by atoms with Gasteiger partial charge in [0, 0.05) is 17.8 Å². The van der Waals surface area contributed by atoms with Crippen molar-refractivity contribution in [3.8, 4) is 0 Å². The minimum Gasteiger partial charge on any atom is -0.418 e. The van der Waals surface area contributed by atoms with Crippen molar-refractivity contribution in [1.29, 1.82) is 0 Å². The van der Waals surface area contributed by atoms with Crippen molar-refractivity contribution in [2.75, 3.05) is 15.5 Å². The molecular formula is C22H35BF4N4S. The van der Waals surface area contributed by atoms with Crippen LogP contribution >= 0.6 is 12.2 Å². The van der Waals surface area contributed by atoms with Gasteiger partial charge in [-0.3, -0.25) is 0 Å². The number of anilines is 3. The highest BCUT2D eigenvalue weighted by molar-refractivity contribution is 7.80. The maximum absolute atomic E-state index is 9.75. The van der Waals surface area contributed by atoms with Crippen LogP contribution in [0.25, 0.3) is 0 Å². The van der Waals surface area contributed by atoms with Crippen LogP contribution in [0.5, 0.6) is 0 Å². The Hall–Kier alpha value is -2.10. The zero-order valence-corrected chi connectivity index (χ0v) is 20.9. The van der Waals surface area contributed by atoms with Gasteiger partial charge >= 0.3 is 7.25 Å². The number of rotatable bonds is 7. The second-order valence-corrected chi connectivity index (χ2v) is 9.11. The lowest BCUT2D eigenvalue weighted by molar-refractivity contribution is 0.368. The first-order chi connectivity index (χ1) is 14.6. The van der Waals surface area contributed by atoms with E-state index in [1.54, 1.807) is 0 Å². The normalized spacial score (nSPS) is 11.8. The van der Waals surface area contributed by atoms with Gasteiger partial charge in [0.25, 0.3) is 5.36 Å². The first-order valence-electron chi connectivity index (χ1n) is 10.8. The highest BCUT2D eigenvalue weighted by Crippen LogP contribution is 2.32. The van der Waals surface area contributed by atoms with E-state index in [0.717, 1.165) is 11.4 Å². The SMILES string of the molecule is CC(C)N(c1c(NC(=S)Nc2ccccc2)c1=[N+](C(C)C)C(C)C)C(C)C.F[B-](F)(F)F. The molecule has 2 aromatic rings. The van der Waals surface area contributed by atoms with Gasteiger partial charge in [-0.15, -0.1) is 0 Å². The van der Waals surface area contributed by atoms with Crippen LogP contribution in [0.3, 0.4) is 0 Å². The van der Waals surface area contributed by atoms with Crippen molar-refractivity contribution in [1.82, 2.24) is 4.58 Å². The zero-order valence-electron chi connectivity index (χ0n) is 20.1. The van der Waals surface area contributed by atoms with E-state index in [2.05, 4.69) is 75.5 Å². The molecule has 0 saturated carbocycles. The van der Waals surface area contributed by atoms with E-state index in [1.807, 2.05) is 30.3 Å². The highest BCUT2D eigenvalue weighted by atomic mass is 32.1. The van der Waals surface area contributed by atoms with E-state index in [9.17, 15) is 17.3 Å². The summed E-state index contributed by atoms with van der Waals surface area (Å²) in [5, 5.41) is 8.67. The Bertz CT molecular complexity index is 862. The zero-order chi connectivity index (χ0) is 24.8. The molecule has 180 valence electrons. The number of hydrogen-bond acceptors (Lipinski definition) is 2. The molecule has 2 N–H and O–H groups in total. The molecule has 10 heteroatoms. The van der Waals surface area contributed by atoms with E-state index in [-0.39, 0.29) is 0 Å². The highest BCUT2D eigenvalue weighted by Gasteiger charge is 2.38. The van der Waals surface area contributed by atoms with Gasteiger partial charge < -0.3 is 32.8 Å². The van der Waals surface area contributed by atoms with E-state index in [4.69, 9.17) is 12.2 Å². The van der Waals surface area contributed by atoms with Crippen molar-refractivity contribution >= 4 is 41.6 Å². The van der Waals surface area contributed by atoms with E-state index in [1.165, 1.54) is 11.0 Å². The lowest BCUT2D eigenvalue weighted by Gasteiger charge is -2.29. The minimum atomic E-state index is -6.00.